The average Bonchev–Trinajstić information content (AvgIpc) is 2.64. The standard InChI is InChI=1S/C18H16Cl2N4O/c1-25-13-7-5-12(6-8-13)11-22-18-21-10-9-16(24-18)23-15-4-2-3-14(19)17(15)20/h2-10H,11H2,1H3,(H2,21,22,23,24). The number of anilines is 3. The Morgan fingerprint density at radius 1 is 1.04 bits per heavy atom. The van der Waals surface area contributed by atoms with Gasteiger partial charge in [-0.3, -0.25) is 0 Å². The third-order valence-electron chi connectivity index (χ3n) is 3.48. The van der Waals surface area contributed by atoms with Crippen LogP contribution in [-0.2, 0) is 6.54 Å². The van der Waals surface area contributed by atoms with E-state index in [2.05, 4.69) is 20.6 Å². The predicted octanol–water partition coefficient (Wildman–Crippen LogP) is 5.15. The molecular weight excluding hydrogens is 359 g/mol. The quantitative estimate of drug-likeness (QED) is 0.624. The van der Waals surface area contributed by atoms with Gasteiger partial charge in [0.05, 0.1) is 22.8 Å². The Hall–Kier alpha value is -2.50. The first-order valence-electron chi connectivity index (χ1n) is 7.56. The summed E-state index contributed by atoms with van der Waals surface area (Å²) in [4.78, 5) is 8.65. The van der Waals surface area contributed by atoms with Crippen LogP contribution in [0, 0.1) is 0 Å². The molecule has 128 valence electrons. The number of methoxy groups -OCH3 is 1. The van der Waals surface area contributed by atoms with Crippen LogP contribution >= 0.6 is 23.2 Å². The fraction of sp³-hybridized carbons (Fsp3) is 0.111. The van der Waals surface area contributed by atoms with Gasteiger partial charge in [0.2, 0.25) is 5.95 Å². The Labute approximate surface area is 156 Å². The van der Waals surface area contributed by atoms with Gasteiger partial charge in [-0.1, -0.05) is 41.4 Å². The van der Waals surface area contributed by atoms with Gasteiger partial charge in [-0.25, -0.2) is 4.98 Å². The molecule has 0 aliphatic carbocycles. The number of aromatic nitrogens is 2. The molecule has 5 nitrogen and oxygen atoms in total. The summed E-state index contributed by atoms with van der Waals surface area (Å²) < 4.78 is 5.15. The van der Waals surface area contributed by atoms with Crippen molar-refractivity contribution in [1.29, 1.82) is 0 Å². The highest BCUT2D eigenvalue weighted by Gasteiger charge is 2.06. The molecular formula is C18H16Cl2N4O. The highest BCUT2D eigenvalue weighted by molar-refractivity contribution is 6.43. The topological polar surface area (TPSA) is 59.1 Å². The van der Waals surface area contributed by atoms with E-state index >= 15 is 0 Å². The summed E-state index contributed by atoms with van der Waals surface area (Å²) in [5.41, 5.74) is 1.79. The summed E-state index contributed by atoms with van der Waals surface area (Å²) in [7, 11) is 1.64. The Kier molecular flexibility index (Phi) is 5.58. The molecule has 7 heteroatoms. The summed E-state index contributed by atoms with van der Waals surface area (Å²) in [6.07, 6.45) is 1.67. The molecule has 2 aromatic carbocycles. The zero-order valence-electron chi connectivity index (χ0n) is 13.5. The van der Waals surface area contributed by atoms with Crippen molar-refractivity contribution in [2.24, 2.45) is 0 Å². The first-order valence-corrected chi connectivity index (χ1v) is 8.32. The third-order valence-corrected chi connectivity index (χ3v) is 4.30. The number of nitrogens with one attached hydrogen (secondary N) is 2. The molecule has 0 spiro atoms. The highest BCUT2D eigenvalue weighted by Crippen LogP contribution is 2.31. The first kappa shape index (κ1) is 17.3. The number of hydrogen-bond acceptors (Lipinski definition) is 5. The van der Waals surface area contributed by atoms with Crippen molar-refractivity contribution in [2.75, 3.05) is 17.7 Å². The van der Waals surface area contributed by atoms with E-state index in [1.165, 1.54) is 0 Å². The van der Waals surface area contributed by atoms with Crippen molar-refractivity contribution in [3.63, 3.8) is 0 Å². The molecule has 25 heavy (non-hydrogen) atoms. The van der Waals surface area contributed by atoms with Gasteiger partial charge in [0.15, 0.2) is 0 Å². The van der Waals surface area contributed by atoms with Crippen molar-refractivity contribution >= 4 is 40.7 Å². The summed E-state index contributed by atoms with van der Waals surface area (Å²) in [6.45, 7) is 0.603. The van der Waals surface area contributed by atoms with Crippen molar-refractivity contribution in [1.82, 2.24) is 9.97 Å². The molecule has 0 fully saturated rings. The Balaban J connectivity index is 1.67. The van der Waals surface area contributed by atoms with Crippen LogP contribution in [0.2, 0.25) is 10.0 Å². The smallest absolute Gasteiger partial charge is 0.224 e. The van der Waals surface area contributed by atoms with Gasteiger partial charge in [-0.05, 0) is 35.9 Å². The van der Waals surface area contributed by atoms with Gasteiger partial charge in [-0.15, -0.1) is 0 Å². The second kappa shape index (κ2) is 8.05. The summed E-state index contributed by atoms with van der Waals surface area (Å²) in [5.74, 6) is 1.96. The van der Waals surface area contributed by atoms with E-state index in [-0.39, 0.29) is 0 Å². The van der Waals surface area contributed by atoms with Gasteiger partial charge in [0.1, 0.15) is 11.6 Å². The lowest BCUT2D eigenvalue weighted by Gasteiger charge is -2.10. The number of nitrogens with zero attached hydrogens (tertiary/aromatic N) is 2. The highest BCUT2D eigenvalue weighted by atomic mass is 35.5. The maximum atomic E-state index is 6.19. The molecule has 0 atom stereocenters. The lowest BCUT2D eigenvalue weighted by Crippen LogP contribution is -2.05. The maximum Gasteiger partial charge on any atom is 0.224 e. The van der Waals surface area contributed by atoms with Gasteiger partial charge >= 0.3 is 0 Å². The molecule has 1 aromatic heterocycles. The van der Waals surface area contributed by atoms with Gasteiger partial charge < -0.3 is 15.4 Å². The number of benzene rings is 2. The minimum absolute atomic E-state index is 0.454. The molecule has 1 heterocycles. The minimum atomic E-state index is 0.454. The largest absolute Gasteiger partial charge is 0.497 e. The molecule has 0 amide bonds. The fourth-order valence-electron chi connectivity index (χ4n) is 2.18. The molecule has 0 unspecified atom stereocenters. The molecule has 2 N–H and O–H groups in total. The van der Waals surface area contributed by atoms with Crippen LogP contribution in [0.3, 0.4) is 0 Å². The molecule has 0 bridgehead atoms. The normalized spacial score (nSPS) is 10.4. The van der Waals surface area contributed by atoms with E-state index in [0.717, 1.165) is 11.3 Å². The van der Waals surface area contributed by atoms with E-state index in [1.807, 2.05) is 36.4 Å². The van der Waals surface area contributed by atoms with Gasteiger partial charge in [0.25, 0.3) is 0 Å². The SMILES string of the molecule is COc1ccc(CNc2nccc(Nc3cccc(Cl)c3Cl)n2)cc1. The van der Waals surface area contributed by atoms with Crippen molar-refractivity contribution in [3.05, 3.63) is 70.3 Å². The molecule has 0 aliphatic rings. The van der Waals surface area contributed by atoms with Gasteiger partial charge in [0, 0.05) is 12.7 Å². The van der Waals surface area contributed by atoms with Crippen molar-refractivity contribution < 1.29 is 4.74 Å². The minimum Gasteiger partial charge on any atom is -0.497 e. The van der Waals surface area contributed by atoms with Crippen LogP contribution in [0.4, 0.5) is 17.5 Å². The molecule has 3 rings (SSSR count). The summed E-state index contributed by atoms with van der Waals surface area (Å²) in [6, 6.07) is 14.9. The second-order valence-corrected chi connectivity index (χ2v) is 5.98. The summed E-state index contributed by atoms with van der Waals surface area (Å²) in [5, 5.41) is 7.27. The Bertz CT molecular complexity index is 856. The third kappa shape index (κ3) is 4.53. The fourth-order valence-corrected chi connectivity index (χ4v) is 2.52. The maximum absolute atomic E-state index is 6.19. The van der Waals surface area contributed by atoms with E-state index in [0.29, 0.717) is 34.0 Å². The lowest BCUT2D eigenvalue weighted by atomic mass is 10.2. The second-order valence-electron chi connectivity index (χ2n) is 5.19. The molecule has 3 aromatic rings. The van der Waals surface area contributed by atoms with Gasteiger partial charge in [-0.2, -0.15) is 4.98 Å². The van der Waals surface area contributed by atoms with Crippen molar-refractivity contribution in [2.45, 2.75) is 6.54 Å². The molecule has 0 aliphatic heterocycles. The van der Waals surface area contributed by atoms with Crippen molar-refractivity contribution in [3.8, 4) is 5.75 Å². The van der Waals surface area contributed by atoms with E-state index in [1.54, 1.807) is 25.4 Å². The van der Waals surface area contributed by atoms with Crippen LogP contribution < -0.4 is 15.4 Å². The van der Waals surface area contributed by atoms with E-state index < -0.39 is 0 Å². The monoisotopic (exact) mass is 374 g/mol. The Morgan fingerprint density at radius 2 is 1.84 bits per heavy atom. The molecule has 0 saturated heterocycles. The predicted molar refractivity (Wildman–Crippen MR) is 102 cm³/mol. The molecule has 0 saturated carbocycles. The Morgan fingerprint density at radius 3 is 2.60 bits per heavy atom. The number of rotatable bonds is 6. The van der Waals surface area contributed by atoms with E-state index in [9.17, 15) is 0 Å². The van der Waals surface area contributed by atoms with Crippen LogP contribution in [0.25, 0.3) is 0 Å². The number of hydrogen-bond donors (Lipinski definition) is 2. The zero-order valence-corrected chi connectivity index (χ0v) is 15.0. The van der Waals surface area contributed by atoms with Crippen LogP contribution in [0.5, 0.6) is 5.75 Å². The zero-order chi connectivity index (χ0) is 17.6. The lowest BCUT2D eigenvalue weighted by molar-refractivity contribution is 0.414. The van der Waals surface area contributed by atoms with Crippen LogP contribution in [0.1, 0.15) is 5.56 Å². The van der Waals surface area contributed by atoms with Crippen LogP contribution in [0.15, 0.2) is 54.7 Å². The average molecular weight is 375 g/mol. The summed E-state index contributed by atoms with van der Waals surface area (Å²) >= 11 is 12.2. The van der Waals surface area contributed by atoms with E-state index in [4.69, 9.17) is 27.9 Å². The number of ether oxygens (including phenoxy) is 1. The van der Waals surface area contributed by atoms with Crippen LogP contribution in [-0.4, -0.2) is 17.1 Å². The number of halogens is 2. The first-order chi connectivity index (χ1) is 12.2. The molecule has 0 radical (unpaired) electrons.